The number of unbranched alkanes of at least 4 members (excludes halogenated alkanes) is 9. The fourth-order valence-corrected chi connectivity index (χ4v) is 2.44. The second-order valence-electron chi connectivity index (χ2n) is 6.15. The Morgan fingerprint density at radius 2 is 1.35 bits per heavy atom. The lowest BCUT2D eigenvalue weighted by Gasteiger charge is -2.02. The van der Waals surface area contributed by atoms with Gasteiger partial charge in [-0.25, -0.2) is 9.59 Å². The third-order valence-electron chi connectivity index (χ3n) is 3.92. The molecule has 1 aromatic rings. The Labute approximate surface area is 157 Å². The first-order valence-corrected chi connectivity index (χ1v) is 9.60. The van der Waals surface area contributed by atoms with Crippen molar-refractivity contribution < 1.29 is 24.2 Å². The Kier molecular flexibility index (Phi) is 16.4. The number of hydrogen-bond donors (Lipinski definition) is 1. The van der Waals surface area contributed by atoms with E-state index in [9.17, 15) is 9.59 Å². The molecule has 0 aromatic heterocycles. The first kappa shape index (κ1) is 24.0. The highest BCUT2D eigenvalue weighted by Gasteiger charge is 2.00. The SMILES string of the molecule is CCCCCCCCCCCCOC(=O)O.COC(=O)c1ccccc1. The second kappa shape index (κ2) is 17.8. The largest absolute Gasteiger partial charge is 0.505 e. The number of methoxy groups -OCH3 is 1. The summed E-state index contributed by atoms with van der Waals surface area (Å²) in [6.07, 6.45) is 11.4. The molecule has 0 amide bonds. The van der Waals surface area contributed by atoms with Gasteiger partial charge in [-0.2, -0.15) is 0 Å². The maximum Gasteiger partial charge on any atom is 0.505 e. The average molecular weight is 366 g/mol. The van der Waals surface area contributed by atoms with Gasteiger partial charge in [-0.3, -0.25) is 0 Å². The van der Waals surface area contributed by atoms with Gasteiger partial charge in [0.25, 0.3) is 0 Å². The van der Waals surface area contributed by atoms with E-state index in [2.05, 4.69) is 16.4 Å². The molecule has 0 aliphatic rings. The zero-order valence-electron chi connectivity index (χ0n) is 16.2. The van der Waals surface area contributed by atoms with E-state index < -0.39 is 6.16 Å². The van der Waals surface area contributed by atoms with E-state index in [1.165, 1.54) is 58.5 Å². The van der Waals surface area contributed by atoms with E-state index in [-0.39, 0.29) is 5.97 Å². The van der Waals surface area contributed by atoms with Crippen molar-refractivity contribution in [3.05, 3.63) is 35.9 Å². The molecule has 1 N–H and O–H groups in total. The van der Waals surface area contributed by atoms with E-state index in [0.29, 0.717) is 12.2 Å². The summed E-state index contributed by atoms with van der Waals surface area (Å²) in [7, 11) is 1.37. The standard InChI is InChI=1S/C13H26O3.C8H8O2/c1-2-3-4-5-6-7-8-9-10-11-12-16-13(14)15;1-10-8(9)7-5-3-2-4-6-7/h2-12H2,1H3,(H,14,15);2-6H,1H3. The Balaban J connectivity index is 0.000000531. The molecule has 5 nitrogen and oxygen atoms in total. The summed E-state index contributed by atoms with van der Waals surface area (Å²) in [5.74, 6) is -0.291. The number of benzene rings is 1. The average Bonchev–Trinajstić information content (AvgIpc) is 2.66. The quantitative estimate of drug-likeness (QED) is 0.359. The van der Waals surface area contributed by atoms with Crippen molar-refractivity contribution in [3.63, 3.8) is 0 Å². The van der Waals surface area contributed by atoms with E-state index in [4.69, 9.17) is 5.11 Å². The van der Waals surface area contributed by atoms with E-state index >= 15 is 0 Å². The number of carbonyl (C=O) groups is 2. The van der Waals surface area contributed by atoms with Gasteiger partial charge in [0.15, 0.2) is 0 Å². The minimum Gasteiger partial charge on any atom is -0.465 e. The summed E-state index contributed by atoms with van der Waals surface area (Å²) in [5.41, 5.74) is 0.588. The van der Waals surface area contributed by atoms with Crippen LogP contribution in [0.25, 0.3) is 0 Å². The van der Waals surface area contributed by atoms with Crippen molar-refractivity contribution in [1.82, 2.24) is 0 Å². The molecule has 0 atom stereocenters. The van der Waals surface area contributed by atoms with Gasteiger partial charge in [0, 0.05) is 0 Å². The van der Waals surface area contributed by atoms with Crippen LogP contribution in [0, 0.1) is 0 Å². The number of esters is 1. The van der Waals surface area contributed by atoms with E-state index in [1.54, 1.807) is 24.3 Å². The number of carbonyl (C=O) groups excluding carboxylic acids is 1. The molecule has 0 bridgehead atoms. The van der Waals surface area contributed by atoms with Crippen LogP contribution in [0.5, 0.6) is 0 Å². The lowest BCUT2D eigenvalue weighted by Crippen LogP contribution is -2.01. The van der Waals surface area contributed by atoms with Crippen molar-refractivity contribution in [2.75, 3.05) is 13.7 Å². The van der Waals surface area contributed by atoms with Crippen LogP contribution in [0.15, 0.2) is 30.3 Å². The predicted molar refractivity (Wildman–Crippen MR) is 104 cm³/mol. The number of carboxylic acid groups (broad SMARTS) is 1. The Morgan fingerprint density at radius 1 is 0.846 bits per heavy atom. The van der Waals surface area contributed by atoms with Crippen molar-refractivity contribution in [2.45, 2.75) is 71.1 Å². The Hall–Kier alpha value is -2.04. The first-order valence-electron chi connectivity index (χ1n) is 9.60. The minimum absolute atomic E-state index is 0.291. The van der Waals surface area contributed by atoms with Crippen LogP contribution in [-0.4, -0.2) is 30.9 Å². The smallest absolute Gasteiger partial charge is 0.465 e. The predicted octanol–water partition coefficient (Wildman–Crippen LogP) is 6.08. The van der Waals surface area contributed by atoms with Crippen LogP contribution < -0.4 is 0 Å². The summed E-state index contributed by atoms with van der Waals surface area (Å²) in [6.45, 7) is 2.59. The number of hydrogen-bond acceptors (Lipinski definition) is 4. The molecule has 148 valence electrons. The fourth-order valence-electron chi connectivity index (χ4n) is 2.44. The van der Waals surface area contributed by atoms with Gasteiger partial charge in [0.1, 0.15) is 0 Å². The summed E-state index contributed by atoms with van der Waals surface area (Å²) >= 11 is 0. The van der Waals surface area contributed by atoms with Gasteiger partial charge in [-0.1, -0.05) is 82.9 Å². The van der Waals surface area contributed by atoms with Crippen LogP contribution in [0.3, 0.4) is 0 Å². The highest BCUT2D eigenvalue weighted by molar-refractivity contribution is 5.89. The zero-order chi connectivity index (χ0) is 19.5. The Bertz CT molecular complexity index is 459. The van der Waals surface area contributed by atoms with Crippen molar-refractivity contribution in [3.8, 4) is 0 Å². The van der Waals surface area contributed by atoms with Gasteiger partial charge in [0.05, 0.1) is 19.3 Å². The van der Waals surface area contributed by atoms with Crippen LogP contribution in [0.1, 0.15) is 81.5 Å². The molecule has 0 heterocycles. The minimum atomic E-state index is -1.16. The third-order valence-corrected chi connectivity index (χ3v) is 3.92. The lowest BCUT2D eigenvalue weighted by atomic mass is 10.1. The fraction of sp³-hybridized carbons (Fsp3) is 0.619. The van der Waals surface area contributed by atoms with Crippen LogP contribution in [-0.2, 0) is 9.47 Å². The molecule has 0 saturated carbocycles. The molecule has 26 heavy (non-hydrogen) atoms. The molecule has 0 saturated heterocycles. The van der Waals surface area contributed by atoms with Gasteiger partial charge < -0.3 is 14.6 Å². The van der Waals surface area contributed by atoms with Crippen LogP contribution >= 0.6 is 0 Å². The van der Waals surface area contributed by atoms with E-state index in [1.807, 2.05) is 6.07 Å². The second-order valence-corrected chi connectivity index (χ2v) is 6.15. The number of ether oxygens (including phenoxy) is 2. The molecule has 0 aliphatic heterocycles. The van der Waals surface area contributed by atoms with Crippen molar-refractivity contribution in [2.24, 2.45) is 0 Å². The van der Waals surface area contributed by atoms with Crippen LogP contribution in [0.2, 0.25) is 0 Å². The highest BCUT2D eigenvalue weighted by Crippen LogP contribution is 2.10. The lowest BCUT2D eigenvalue weighted by molar-refractivity contribution is 0.0600. The number of rotatable bonds is 12. The maximum absolute atomic E-state index is 10.8. The summed E-state index contributed by atoms with van der Waals surface area (Å²) in [6, 6.07) is 8.88. The molecule has 0 aliphatic carbocycles. The summed E-state index contributed by atoms with van der Waals surface area (Å²) < 4.78 is 8.93. The molecule has 0 unspecified atom stereocenters. The maximum atomic E-state index is 10.8. The molecular formula is C21H34O5. The highest BCUT2D eigenvalue weighted by atomic mass is 16.7. The van der Waals surface area contributed by atoms with Gasteiger partial charge in [-0.05, 0) is 18.6 Å². The molecule has 0 radical (unpaired) electrons. The van der Waals surface area contributed by atoms with Crippen molar-refractivity contribution in [1.29, 1.82) is 0 Å². The van der Waals surface area contributed by atoms with E-state index in [0.717, 1.165) is 12.8 Å². The monoisotopic (exact) mass is 366 g/mol. The normalized spacial score (nSPS) is 9.77. The zero-order valence-corrected chi connectivity index (χ0v) is 16.2. The molecule has 1 rings (SSSR count). The molecule has 5 heteroatoms. The van der Waals surface area contributed by atoms with Gasteiger partial charge in [0.2, 0.25) is 0 Å². The van der Waals surface area contributed by atoms with Crippen LogP contribution in [0.4, 0.5) is 4.79 Å². The molecule has 1 aromatic carbocycles. The molecular weight excluding hydrogens is 332 g/mol. The third kappa shape index (κ3) is 15.5. The Morgan fingerprint density at radius 3 is 1.81 bits per heavy atom. The summed E-state index contributed by atoms with van der Waals surface area (Å²) in [4.78, 5) is 20.8. The first-order chi connectivity index (χ1) is 12.6. The topological polar surface area (TPSA) is 72.8 Å². The molecule has 0 spiro atoms. The van der Waals surface area contributed by atoms with Gasteiger partial charge >= 0.3 is 12.1 Å². The molecule has 0 fully saturated rings. The van der Waals surface area contributed by atoms with Gasteiger partial charge in [-0.15, -0.1) is 0 Å². The van der Waals surface area contributed by atoms with Crippen molar-refractivity contribution >= 4 is 12.1 Å². The summed E-state index contributed by atoms with van der Waals surface area (Å²) in [5, 5.41) is 8.23.